The highest BCUT2D eigenvalue weighted by Crippen LogP contribution is 2.12. The van der Waals surface area contributed by atoms with Gasteiger partial charge in [0.1, 0.15) is 0 Å². The molecule has 1 saturated heterocycles. The van der Waals surface area contributed by atoms with Crippen LogP contribution in [0.3, 0.4) is 0 Å². The van der Waals surface area contributed by atoms with Crippen molar-refractivity contribution in [3.63, 3.8) is 0 Å². The molecule has 0 saturated carbocycles. The zero-order chi connectivity index (χ0) is 17.4. The van der Waals surface area contributed by atoms with E-state index < -0.39 is 17.8 Å². The first-order valence-corrected chi connectivity index (χ1v) is 7.42. The smallest absolute Gasteiger partial charge is 0.334 e. The molecule has 23 heavy (non-hydrogen) atoms. The summed E-state index contributed by atoms with van der Waals surface area (Å²) in [6, 6.07) is 0. The number of hydrogen-bond acceptors (Lipinski definition) is 6. The van der Waals surface area contributed by atoms with Crippen molar-refractivity contribution in [3.8, 4) is 0 Å². The SMILES string of the molecule is CC(C)C(=O)NCCC(=O)NCCC(=O)ON1C(=O)CCC1=O. The monoisotopic (exact) mass is 327 g/mol. The van der Waals surface area contributed by atoms with Crippen LogP contribution in [0, 0.1) is 5.92 Å². The van der Waals surface area contributed by atoms with Crippen LogP contribution in [0.4, 0.5) is 0 Å². The van der Waals surface area contributed by atoms with Crippen molar-refractivity contribution in [2.24, 2.45) is 5.92 Å². The van der Waals surface area contributed by atoms with E-state index in [4.69, 9.17) is 0 Å². The summed E-state index contributed by atoms with van der Waals surface area (Å²) in [5, 5.41) is 5.55. The van der Waals surface area contributed by atoms with Crippen LogP contribution >= 0.6 is 0 Å². The third-order valence-electron chi connectivity index (χ3n) is 3.03. The second-order valence-electron chi connectivity index (χ2n) is 5.34. The average molecular weight is 327 g/mol. The van der Waals surface area contributed by atoms with Crippen molar-refractivity contribution >= 4 is 29.6 Å². The first-order valence-electron chi connectivity index (χ1n) is 7.42. The summed E-state index contributed by atoms with van der Waals surface area (Å²) < 4.78 is 0. The molecule has 128 valence electrons. The molecule has 0 spiro atoms. The van der Waals surface area contributed by atoms with Gasteiger partial charge in [-0.1, -0.05) is 13.8 Å². The van der Waals surface area contributed by atoms with Crippen LogP contribution in [0.25, 0.3) is 0 Å². The molecule has 1 rings (SSSR count). The molecule has 1 fully saturated rings. The number of imide groups is 1. The molecule has 9 heteroatoms. The van der Waals surface area contributed by atoms with Gasteiger partial charge in [0, 0.05) is 38.3 Å². The van der Waals surface area contributed by atoms with Crippen molar-refractivity contribution in [1.82, 2.24) is 15.7 Å². The highest BCUT2D eigenvalue weighted by Gasteiger charge is 2.32. The molecule has 0 unspecified atom stereocenters. The summed E-state index contributed by atoms with van der Waals surface area (Å²) in [5.74, 6) is -2.48. The Morgan fingerprint density at radius 1 is 1.04 bits per heavy atom. The van der Waals surface area contributed by atoms with Crippen LogP contribution in [0.5, 0.6) is 0 Å². The van der Waals surface area contributed by atoms with Gasteiger partial charge in [-0.15, -0.1) is 5.06 Å². The van der Waals surface area contributed by atoms with E-state index in [0.717, 1.165) is 0 Å². The zero-order valence-corrected chi connectivity index (χ0v) is 13.2. The van der Waals surface area contributed by atoms with Crippen molar-refractivity contribution < 1.29 is 28.8 Å². The molecule has 1 aliphatic heterocycles. The quantitative estimate of drug-likeness (QED) is 0.566. The first kappa shape index (κ1) is 18.6. The molecule has 1 heterocycles. The Morgan fingerprint density at radius 2 is 1.61 bits per heavy atom. The van der Waals surface area contributed by atoms with Gasteiger partial charge in [0.25, 0.3) is 11.8 Å². The summed E-state index contributed by atoms with van der Waals surface area (Å²) in [5.41, 5.74) is 0. The van der Waals surface area contributed by atoms with E-state index in [-0.39, 0.29) is 56.5 Å². The van der Waals surface area contributed by atoms with E-state index >= 15 is 0 Å². The standard InChI is InChI=1S/C14H21N3O6/c1-9(2)14(22)16-7-5-10(18)15-8-6-13(21)23-17-11(19)3-4-12(17)20/h9H,3-8H2,1-2H3,(H,15,18)(H,16,22). The lowest BCUT2D eigenvalue weighted by atomic mass is 10.2. The summed E-state index contributed by atoms with van der Waals surface area (Å²) in [7, 11) is 0. The lowest BCUT2D eigenvalue weighted by Gasteiger charge is -2.12. The topological polar surface area (TPSA) is 122 Å². The van der Waals surface area contributed by atoms with Gasteiger partial charge in [-0.2, -0.15) is 0 Å². The van der Waals surface area contributed by atoms with Gasteiger partial charge in [0.15, 0.2) is 0 Å². The molecule has 2 N–H and O–H groups in total. The zero-order valence-electron chi connectivity index (χ0n) is 13.2. The Bertz CT molecular complexity index is 487. The van der Waals surface area contributed by atoms with Gasteiger partial charge in [-0.25, -0.2) is 4.79 Å². The van der Waals surface area contributed by atoms with Gasteiger partial charge < -0.3 is 15.5 Å². The molecule has 0 radical (unpaired) electrons. The first-order chi connectivity index (χ1) is 10.8. The van der Waals surface area contributed by atoms with Crippen LogP contribution in [0.1, 0.15) is 39.5 Å². The Balaban J connectivity index is 2.14. The highest BCUT2D eigenvalue weighted by molar-refractivity contribution is 6.01. The summed E-state index contributed by atoms with van der Waals surface area (Å²) in [6.07, 6.45) is -0.00630. The Morgan fingerprint density at radius 3 is 2.17 bits per heavy atom. The maximum atomic E-state index is 11.5. The molecule has 1 aliphatic rings. The number of nitrogens with zero attached hydrogens (tertiary/aromatic N) is 1. The minimum atomic E-state index is -0.776. The predicted molar refractivity (Wildman–Crippen MR) is 77.3 cm³/mol. The van der Waals surface area contributed by atoms with Crippen molar-refractivity contribution in [2.45, 2.75) is 39.5 Å². The molecular formula is C14H21N3O6. The van der Waals surface area contributed by atoms with Crippen LogP contribution in [-0.4, -0.2) is 47.8 Å². The second-order valence-corrected chi connectivity index (χ2v) is 5.34. The van der Waals surface area contributed by atoms with E-state index in [9.17, 15) is 24.0 Å². The van der Waals surface area contributed by atoms with Crippen molar-refractivity contribution in [2.75, 3.05) is 13.1 Å². The second kappa shape index (κ2) is 8.86. The lowest BCUT2D eigenvalue weighted by Crippen LogP contribution is -2.35. The van der Waals surface area contributed by atoms with Gasteiger partial charge in [-0.05, 0) is 0 Å². The van der Waals surface area contributed by atoms with E-state index in [2.05, 4.69) is 15.5 Å². The number of carbonyl (C=O) groups excluding carboxylic acids is 5. The van der Waals surface area contributed by atoms with Crippen LogP contribution in [0.15, 0.2) is 0 Å². The summed E-state index contributed by atoms with van der Waals surface area (Å²) in [6.45, 7) is 3.73. The molecule has 0 aliphatic carbocycles. The largest absolute Gasteiger partial charge is 0.355 e. The number of hydrogen-bond donors (Lipinski definition) is 2. The molecule has 0 aromatic rings. The molecule has 0 bridgehead atoms. The van der Waals surface area contributed by atoms with Crippen LogP contribution in [0.2, 0.25) is 0 Å². The van der Waals surface area contributed by atoms with E-state index in [1.54, 1.807) is 13.8 Å². The lowest BCUT2D eigenvalue weighted by molar-refractivity contribution is -0.197. The third kappa shape index (κ3) is 6.45. The summed E-state index contributed by atoms with van der Waals surface area (Å²) >= 11 is 0. The molecule has 0 aromatic heterocycles. The van der Waals surface area contributed by atoms with Gasteiger partial charge in [0.2, 0.25) is 11.8 Å². The van der Waals surface area contributed by atoms with E-state index in [1.165, 1.54) is 0 Å². The number of amides is 4. The van der Waals surface area contributed by atoms with Crippen LogP contribution in [-0.2, 0) is 28.8 Å². The molecule has 0 atom stereocenters. The number of carbonyl (C=O) groups is 5. The minimum absolute atomic E-state index is 0.0199. The van der Waals surface area contributed by atoms with Gasteiger partial charge in [-0.3, -0.25) is 19.2 Å². The molecule has 4 amide bonds. The summed E-state index contributed by atoms with van der Waals surface area (Å²) in [4.78, 5) is 61.4. The molecular weight excluding hydrogens is 306 g/mol. The van der Waals surface area contributed by atoms with Crippen molar-refractivity contribution in [3.05, 3.63) is 0 Å². The Labute approximate surface area is 133 Å². The average Bonchev–Trinajstić information content (AvgIpc) is 2.79. The predicted octanol–water partition coefficient (Wildman–Crippen LogP) is -0.738. The minimum Gasteiger partial charge on any atom is -0.355 e. The normalized spacial score (nSPS) is 14.1. The Kier molecular flexibility index (Phi) is 7.17. The maximum Gasteiger partial charge on any atom is 0.334 e. The van der Waals surface area contributed by atoms with Crippen molar-refractivity contribution in [1.29, 1.82) is 0 Å². The maximum absolute atomic E-state index is 11.5. The van der Waals surface area contributed by atoms with E-state index in [1.807, 2.05) is 0 Å². The highest BCUT2D eigenvalue weighted by atomic mass is 16.7. The van der Waals surface area contributed by atoms with E-state index in [0.29, 0.717) is 5.06 Å². The van der Waals surface area contributed by atoms with Gasteiger partial charge >= 0.3 is 5.97 Å². The van der Waals surface area contributed by atoms with Gasteiger partial charge in [0.05, 0.1) is 6.42 Å². The molecule has 0 aromatic carbocycles. The number of hydroxylamine groups is 2. The fourth-order valence-corrected chi connectivity index (χ4v) is 1.70. The fraction of sp³-hybridized carbons (Fsp3) is 0.643. The third-order valence-corrected chi connectivity index (χ3v) is 3.03. The van der Waals surface area contributed by atoms with Crippen LogP contribution < -0.4 is 10.6 Å². The molecule has 9 nitrogen and oxygen atoms in total. The number of rotatable bonds is 8. The Hall–Kier alpha value is -2.45. The fourth-order valence-electron chi connectivity index (χ4n) is 1.70. The number of nitrogens with one attached hydrogen (secondary N) is 2.